The number of likely N-dealkylation sites (N-methyl/N-ethyl adjacent to an activating group) is 1. The summed E-state index contributed by atoms with van der Waals surface area (Å²) >= 11 is 8.62. The first-order valence-electron chi connectivity index (χ1n) is 9.13. The van der Waals surface area contributed by atoms with Crippen molar-refractivity contribution in [2.75, 3.05) is 39.7 Å². The van der Waals surface area contributed by atoms with E-state index in [-0.39, 0.29) is 11.0 Å². The molecule has 7 nitrogen and oxygen atoms in total. The highest BCUT2D eigenvalue weighted by atomic mass is 79.9. The number of hydrogen-bond acceptors (Lipinski definition) is 5. The average Bonchev–Trinajstić information content (AvgIpc) is 2.70. The van der Waals surface area contributed by atoms with Gasteiger partial charge in [-0.15, -0.1) is 0 Å². The second-order valence-electron chi connectivity index (χ2n) is 6.55. The molecule has 2 N–H and O–H groups in total. The van der Waals surface area contributed by atoms with Crippen molar-refractivity contribution in [2.45, 2.75) is 6.42 Å². The number of methoxy groups -OCH3 is 1. The first-order valence-corrected chi connectivity index (χ1v) is 10.3. The van der Waals surface area contributed by atoms with Gasteiger partial charge in [0.1, 0.15) is 12.4 Å². The molecule has 9 heteroatoms. The van der Waals surface area contributed by atoms with Crippen LogP contribution in [-0.2, 0) is 16.0 Å². The molecule has 0 fully saturated rings. The zero-order valence-electron chi connectivity index (χ0n) is 17.0. The second kappa shape index (κ2) is 11.6. The number of thiocarbonyl (C=S) groups is 1. The number of rotatable bonds is 8. The summed E-state index contributed by atoms with van der Waals surface area (Å²) < 4.78 is 11.3. The van der Waals surface area contributed by atoms with E-state index in [1.54, 1.807) is 56.4 Å². The molecule has 0 heterocycles. The molecule has 0 saturated carbocycles. The van der Waals surface area contributed by atoms with E-state index >= 15 is 0 Å². The number of ether oxygens (including phenoxy) is 2. The summed E-state index contributed by atoms with van der Waals surface area (Å²) in [5, 5.41) is 5.77. The van der Waals surface area contributed by atoms with Crippen LogP contribution in [0.5, 0.6) is 5.75 Å². The number of benzene rings is 2. The quantitative estimate of drug-likeness (QED) is 0.434. The van der Waals surface area contributed by atoms with E-state index in [9.17, 15) is 9.59 Å². The van der Waals surface area contributed by atoms with E-state index in [0.29, 0.717) is 36.6 Å². The second-order valence-corrected chi connectivity index (χ2v) is 7.88. The Morgan fingerprint density at radius 3 is 2.43 bits per heavy atom. The van der Waals surface area contributed by atoms with E-state index < -0.39 is 5.91 Å². The van der Waals surface area contributed by atoms with Gasteiger partial charge in [-0.05, 0) is 48.1 Å². The van der Waals surface area contributed by atoms with Crippen LogP contribution in [0.4, 0.5) is 5.69 Å². The lowest BCUT2D eigenvalue weighted by molar-refractivity contribution is -0.127. The van der Waals surface area contributed by atoms with Crippen LogP contribution in [0.3, 0.4) is 0 Å². The normalized spacial score (nSPS) is 10.3. The lowest BCUT2D eigenvalue weighted by Crippen LogP contribution is -2.34. The van der Waals surface area contributed by atoms with Crippen molar-refractivity contribution < 1.29 is 19.1 Å². The van der Waals surface area contributed by atoms with Gasteiger partial charge in [-0.25, -0.2) is 0 Å². The van der Waals surface area contributed by atoms with E-state index in [1.165, 1.54) is 0 Å². The van der Waals surface area contributed by atoms with E-state index in [1.807, 2.05) is 12.1 Å². The summed E-state index contributed by atoms with van der Waals surface area (Å²) in [7, 11) is 5.02. The molecule has 0 radical (unpaired) electrons. The Bertz CT molecular complexity index is 904. The molecule has 2 rings (SSSR count). The molecule has 0 aliphatic carbocycles. The van der Waals surface area contributed by atoms with Gasteiger partial charge in [0.05, 0.1) is 18.6 Å². The van der Waals surface area contributed by atoms with Crippen molar-refractivity contribution in [3.63, 3.8) is 0 Å². The number of amides is 2. The summed E-state index contributed by atoms with van der Waals surface area (Å²) in [6.07, 6.45) is 0.323. The Hall–Kier alpha value is -2.49. The molecule has 0 aliphatic heterocycles. The van der Waals surface area contributed by atoms with Gasteiger partial charge in [-0.3, -0.25) is 14.9 Å². The van der Waals surface area contributed by atoms with Crippen LogP contribution < -0.4 is 15.4 Å². The predicted octanol–water partition coefficient (Wildman–Crippen LogP) is 3.23. The summed E-state index contributed by atoms with van der Waals surface area (Å²) in [6.45, 7) is 0.733. The Morgan fingerprint density at radius 2 is 1.80 bits per heavy atom. The fraction of sp³-hybridized carbons (Fsp3) is 0.286. The maximum atomic E-state index is 12.7. The molecule has 2 amide bonds. The number of anilines is 1. The SMILES string of the molecule is COCCOc1ccc(Br)cc1C(=O)NC(=S)Nc1ccc(CC(=O)N(C)C)cc1. The van der Waals surface area contributed by atoms with Crippen LogP contribution in [0.25, 0.3) is 0 Å². The fourth-order valence-electron chi connectivity index (χ4n) is 2.41. The average molecular weight is 494 g/mol. The minimum Gasteiger partial charge on any atom is -0.490 e. The highest BCUT2D eigenvalue weighted by Crippen LogP contribution is 2.23. The molecule has 0 bridgehead atoms. The van der Waals surface area contributed by atoms with Crippen molar-refractivity contribution in [2.24, 2.45) is 0 Å². The summed E-state index contributed by atoms with van der Waals surface area (Å²) in [5.41, 5.74) is 1.94. The number of nitrogens with zero attached hydrogens (tertiary/aromatic N) is 1. The summed E-state index contributed by atoms with van der Waals surface area (Å²) in [6, 6.07) is 12.4. The van der Waals surface area contributed by atoms with Gasteiger partial charge in [0.2, 0.25) is 5.91 Å². The van der Waals surface area contributed by atoms with Crippen molar-refractivity contribution in [1.82, 2.24) is 10.2 Å². The molecule has 2 aromatic carbocycles. The fourth-order valence-corrected chi connectivity index (χ4v) is 2.98. The zero-order valence-corrected chi connectivity index (χ0v) is 19.4. The summed E-state index contributed by atoms with van der Waals surface area (Å²) in [5.74, 6) is 0.0657. The number of carbonyl (C=O) groups excluding carboxylic acids is 2. The monoisotopic (exact) mass is 493 g/mol. The topological polar surface area (TPSA) is 79.9 Å². The molecule has 0 spiro atoms. The third-order valence-corrected chi connectivity index (χ3v) is 4.72. The van der Waals surface area contributed by atoms with Crippen LogP contribution in [0.1, 0.15) is 15.9 Å². The van der Waals surface area contributed by atoms with Crippen molar-refractivity contribution in [3.05, 3.63) is 58.1 Å². The van der Waals surface area contributed by atoms with Gasteiger partial charge >= 0.3 is 0 Å². The number of hydrogen-bond donors (Lipinski definition) is 2. The minimum absolute atomic E-state index is 0.0241. The molecule has 0 aromatic heterocycles. The Kier molecular flexibility index (Phi) is 9.22. The lowest BCUT2D eigenvalue weighted by atomic mass is 10.1. The molecular formula is C21H24BrN3O4S. The third-order valence-electron chi connectivity index (χ3n) is 4.02. The number of nitrogens with one attached hydrogen (secondary N) is 2. The molecule has 0 saturated heterocycles. The molecule has 0 unspecified atom stereocenters. The summed E-state index contributed by atoms with van der Waals surface area (Å²) in [4.78, 5) is 26.0. The third kappa shape index (κ3) is 7.40. The van der Waals surface area contributed by atoms with Gasteiger partial charge in [-0.2, -0.15) is 0 Å². The van der Waals surface area contributed by atoms with Gasteiger partial charge in [0.25, 0.3) is 5.91 Å². The Morgan fingerprint density at radius 1 is 1.10 bits per heavy atom. The van der Waals surface area contributed by atoms with Crippen LogP contribution in [0.2, 0.25) is 0 Å². The van der Waals surface area contributed by atoms with Gasteiger partial charge in [0.15, 0.2) is 5.11 Å². The molecule has 30 heavy (non-hydrogen) atoms. The molecule has 0 aliphatic rings. The maximum absolute atomic E-state index is 12.7. The largest absolute Gasteiger partial charge is 0.490 e. The first kappa shape index (κ1) is 23.8. The number of halogens is 1. The molecule has 2 aromatic rings. The number of carbonyl (C=O) groups is 2. The highest BCUT2D eigenvalue weighted by Gasteiger charge is 2.15. The van der Waals surface area contributed by atoms with Gasteiger partial charge < -0.3 is 19.7 Å². The van der Waals surface area contributed by atoms with E-state index in [2.05, 4.69) is 26.6 Å². The molecule has 160 valence electrons. The lowest BCUT2D eigenvalue weighted by Gasteiger charge is -2.14. The highest BCUT2D eigenvalue weighted by molar-refractivity contribution is 9.10. The molecular weight excluding hydrogens is 470 g/mol. The van der Waals surface area contributed by atoms with Crippen LogP contribution in [0, 0.1) is 0 Å². The molecule has 0 atom stereocenters. The van der Waals surface area contributed by atoms with Crippen LogP contribution in [0.15, 0.2) is 46.9 Å². The Labute approximate surface area is 189 Å². The van der Waals surface area contributed by atoms with Crippen molar-refractivity contribution in [3.8, 4) is 5.75 Å². The minimum atomic E-state index is -0.394. The standard InChI is InChI=1S/C21H24BrN3O4S/c1-25(2)19(26)12-14-4-7-16(8-5-14)23-21(30)24-20(27)17-13-15(22)6-9-18(17)29-11-10-28-3/h4-9,13H,10-12H2,1-3H3,(H2,23,24,27,30). The maximum Gasteiger partial charge on any atom is 0.261 e. The smallest absolute Gasteiger partial charge is 0.261 e. The van der Waals surface area contributed by atoms with Gasteiger partial charge in [0, 0.05) is 31.4 Å². The first-order chi connectivity index (χ1) is 14.3. The van der Waals surface area contributed by atoms with E-state index in [0.717, 1.165) is 10.0 Å². The van der Waals surface area contributed by atoms with Crippen molar-refractivity contribution >= 4 is 50.8 Å². The predicted molar refractivity (Wildman–Crippen MR) is 124 cm³/mol. The zero-order chi connectivity index (χ0) is 22.1. The van der Waals surface area contributed by atoms with Crippen LogP contribution >= 0.6 is 28.1 Å². The van der Waals surface area contributed by atoms with Crippen molar-refractivity contribution in [1.29, 1.82) is 0 Å². The van der Waals surface area contributed by atoms with E-state index in [4.69, 9.17) is 21.7 Å². The van der Waals surface area contributed by atoms with Crippen LogP contribution in [-0.4, -0.2) is 56.2 Å². The van der Waals surface area contributed by atoms with Gasteiger partial charge in [-0.1, -0.05) is 28.1 Å². The Balaban J connectivity index is 1.98.